The lowest BCUT2D eigenvalue weighted by Crippen LogP contribution is -2.39. The van der Waals surface area contributed by atoms with Crippen LogP contribution in [0.1, 0.15) is 69.9 Å². The third-order valence-electron chi connectivity index (χ3n) is 6.98. The number of aliphatic hydroxyl groups excluding tert-OH is 1. The van der Waals surface area contributed by atoms with Crippen molar-refractivity contribution in [2.24, 2.45) is 5.92 Å². The normalized spacial score (nSPS) is 21.2. The van der Waals surface area contributed by atoms with E-state index < -0.39 is 16.1 Å². The maximum Gasteiger partial charge on any atom is 0.244 e. The maximum absolute atomic E-state index is 13.2. The summed E-state index contributed by atoms with van der Waals surface area (Å²) in [5, 5.41) is 13.4. The summed E-state index contributed by atoms with van der Waals surface area (Å²) >= 11 is 1.34. The molecule has 0 spiro atoms. The number of hydrogen-bond donors (Lipinski definition) is 3. The quantitative estimate of drug-likeness (QED) is 0.443. The second kappa shape index (κ2) is 11.4. The molecule has 1 heterocycles. The van der Waals surface area contributed by atoms with E-state index in [9.17, 15) is 18.3 Å². The molecule has 0 bridgehead atoms. The topological polar surface area (TPSA) is 118 Å². The number of rotatable bonds is 9. The molecule has 0 aliphatic heterocycles. The van der Waals surface area contributed by atoms with Gasteiger partial charge < -0.3 is 15.2 Å². The van der Waals surface area contributed by atoms with Gasteiger partial charge in [-0.05, 0) is 68.7 Å². The van der Waals surface area contributed by atoms with Gasteiger partial charge in [-0.1, -0.05) is 37.0 Å². The van der Waals surface area contributed by atoms with Crippen molar-refractivity contribution in [2.45, 2.75) is 88.2 Å². The number of methoxy groups -OCH3 is 1. The van der Waals surface area contributed by atoms with E-state index >= 15 is 0 Å². The lowest BCUT2D eigenvalue weighted by molar-refractivity contribution is -0.116. The number of nitrogens with zero attached hydrogens (tertiary/aromatic N) is 1. The SMILES string of the molecule is COc1ccc(-c2sc(NC(=O)CCC3CCCC3)nc2C)cc1S(=O)(=O)NC1CCC[C@@H](O)C1. The van der Waals surface area contributed by atoms with Crippen molar-refractivity contribution < 1.29 is 23.1 Å². The zero-order valence-corrected chi connectivity index (χ0v) is 22.0. The second-order valence-electron chi connectivity index (χ2n) is 9.68. The fourth-order valence-electron chi connectivity index (χ4n) is 5.12. The molecule has 0 radical (unpaired) electrons. The number of aryl methyl sites for hydroxylation is 1. The molecular weight excluding hydrogens is 486 g/mol. The number of aromatic nitrogens is 1. The minimum atomic E-state index is -3.87. The van der Waals surface area contributed by atoms with E-state index in [-0.39, 0.29) is 22.6 Å². The molecule has 0 saturated heterocycles. The highest BCUT2D eigenvalue weighted by atomic mass is 32.2. The maximum atomic E-state index is 13.2. The van der Waals surface area contributed by atoms with Crippen molar-refractivity contribution in [3.63, 3.8) is 0 Å². The van der Waals surface area contributed by atoms with Crippen molar-refractivity contribution >= 4 is 32.4 Å². The van der Waals surface area contributed by atoms with Gasteiger partial charge in [0.25, 0.3) is 0 Å². The van der Waals surface area contributed by atoms with Gasteiger partial charge in [0.1, 0.15) is 10.6 Å². The van der Waals surface area contributed by atoms with E-state index in [1.54, 1.807) is 18.2 Å². The molecule has 35 heavy (non-hydrogen) atoms. The summed E-state index contributed by atoms with van der Waals surface area (Å²) in [6, 6.07) is 4.72. The number of nitrogens with one attached hydrogen (secondary N) is 2. The first-order chi connectivity index (χ1) is 16.7. The first-order valence-corrected chi connectivity index (χ1v) is 14.7. The van der Waals surface area contributed by atoms with Gasteiger partial charge >= 0.3 is 0 Å². The van der Waals surface area contributed by atoms with Crippen LogP contribution in [0.5, 0.6) is 5.75 Å². The molecule has 10 heteroatoms. The Morgan fingerprint density at radius 2 is 1.97 bits per heavy atom. The third-order valence-corrected chi connectivity index (χ3v) is 9.64. The molecule has 8 nitrogen and oxygen atoms in total. The number of hydrogen-bond acceptors (Lipinski definition) is 7. The molecule has 2 saturated carbocycles. The molecule has 2 atom stereocenters. The van der Waals surface area contributed by atoms with E-state index in [0.717, 1.165) is 23.4 Å². The summed E-state index contributed by atoms with van der Waals surface area (Å²) in [5.41, 5.74) is 1.41. The van der Waals surface area contributed by atoms with Crippen molar-refractivity contribution in [3.8, 4) is 16.2 Å². The molecule has 4 rings (SSSR count). The average molecular weight is 522 g/mol. The Hall–Kier alpha value is -2.01. The van der Waals surface area contributed by atoms with Crippen molar-refractivity contribution in [1.82, 2.24) is 9.71 Å². The number of thiazole rings is 1. The summed E-state index contributed by atoms with van der Waals surface area (Å²) in [4.78, 5) is 17.8. The molecule has 1 aromatic carbocycles. The van der Waals surface area contributed by atoms with Crippen LogP contribution in [0.15, 0.2) is 23.1 Å². The minimum absolute atomic E-state index is 0.0333. The van der Waals surface area contributed by atoms with Crippen LogP contribution < -0.4 is 14.8 Å². The number of sulfonamides is 1. The highest BCUT2D eigenvalue weighted by Gasteiger charge is 2.28. The fourth-order valence-corrected chi connectivity index (χ4v) is 7.57. The predicted molar refractivity (Wildman–Crippen MR) is 137 cm³/mol. The Labute approximate surface area is 211 Å². The monoisotopic (exact) mass is 521 g/mol. The van der Waals surface area contributed by atoms with Gasteiger partial charge in [0.15, 0.2) is 5.13 Å². The van der Waals surface area contributed by atoms with Gasteiger partial charge in [0, 0.05) is 12.5 Å². The zero-order valence-electron chi connectivity index (χ0n) is 20.4. The summed E-state index contributed by atoms with van der Waals surface area (Å²) in [6.07, 6.45) is 8.43. The Morgan fingerprint density at radius 3 is 2.69 bits per heavy atom. The molecule has 1 aromatic heterocycles. The van der Waals surface area contributed by atoms with E-state index in [0.29, 0.717) is 42.3 Å². The van der Waals surface area contributed by atoms with Crippen LogP contribution in [0.4, 0.5) is 5.13 Å². The van der Waals surface area contributed by atoms with Gasteiger partial charge in [-0.25, -0.2) is 18.1 Å². The second-order valence-corrected chi connectivity index (χ2v) is 12.4. The first-order valence-electron chi connectivity index (χ1n) is 12.4. The predicted octanol–water partition coefficient (Wildman–Crippen LogP) is 4.62. The number of anilines is 1. The first kappa shape index (κ1) is 26.1. The summed E-state index contributed by atoms with van der Waals surface area (Å²) in [6.45, 7) is 1.85. The Morgan fingerprint density at radius 1 is 1.20 bits per heavy atom. The average Bonchev–Trinajstić information content (AvgIpc) is 3.46. The summed E-state index contributed by atoms with van der Waals surface area (Å²) in [5.74, 6) is 0.869. The molecule has 192 valence electrons. The van der Waals surface area contributed by atoms with E-state index in [4.69, 9.17) is 4.74 Å². The number of amides is 1. The summed E-state index contributed by atoms with van der Waals surface area (Å²) < 4.78 is 34.6. The number of carbonyl (C=O) groups excluding carboxylic acids is 1. The van der Waals surface area contributed by atoms with Crippen LogP contribution in [-0.2, 0) is 14.8 Å². The van der Waals surface area contributed by atoms with E-state index in [1.807, 2.05) is 6.92 Å². The van der Waals surface area contributed by atoms with Crippen LogP contribution in [-0.4, -0.2) is 43.7 Å². The minimum Gasteiger partial charge on any atom is -0.495 e. The highest BCUT2D eigenvalue weighted by Crippen LogP contribution is 2.37. The third kappa shape index (κ3) is 6.61. The van der Waals surface area contributed by atoms with Gasteiger partial charge in [-0.2, -0.15) is 0 Å². The molecule has 1 unspecified atom stereocenters. The Kier molecular flexibility index (Phi) is 8.46. The van der Waals surface area contributed by atoms with Crippen molar-refractivity contribution in [2.75, 3.05) is 12.4 Å². The molecule has 1 amide bonds. The van der Waals surface area contributed by atoms with Gasteiger partial charge in [0.2, 0.25) is 15.9 Å². The van der Waals surface area contributed by atoms with Crippen LogP contribution in [0, 0.1) is 12.8 Å². The van der Waals surface area contributed by atoms with Gasteiger partial charge in [-0.15, -0.1) is 0 Å². The van der Waals surface area contributed by atoms with Crippen LogP contribution >= 0.6 is 11.3 Å². The highest BCUT2D eigenvalue weighted by molar-refractivity contribution is 7.89. The number of carbonyl (C=O) groups is 1. The smallest absolute Gasteiger partial charge is 0.244 e. The number of benzene rings is 1. The van der Waals surface area contributed by atoms with Crippen LogP contribution in [0.2, 0.25) is 0 Å². The lowest BCUT2D eigenvalue weighted by atomic mass is 9.94. The van der Waals surface area contributed by atoms with Crippen molar-refractivity contribution in [3.05, 3.63) is 23.9 Å². The van der Waals surface area contributed by atoms with Gasteiger partial charge in [-0.3, -0.25) is 4.79 Å². The lowest BCUT2D eigenvalue weighted by Gasteiger charge is -2.26. The largest absolute Gasteiger partial charge is 0.495 e. The van der Waals surface area contributed by atoms with E-state index in [1.165, 1.54) is 44.1 Å². The van der Waals surface area contributed by atoms with Crippen molar-refractivity contribution in [1.29, 1.82) is 0 Å². The Bertz CT molecular complexity index is 1140. The standard InChI is InChI=1S/C25H35N3O5S2/c1-16-24(34-25(26-16)27-23(30)13-10-17-6-3-4-7-17)18-11-12-21(33-2)22(14-18)35(31,32)28-19-8-5-9-20(29)15-19/h11-12,14,17,19-20,28-29H,3-10,13,15H2,1-2H3,(H,26,27,30)/t19?,20-/m1/s1. The zero-order chi connectivity index (χ0) is 25.0. The van der Waals surface area contributed by atoms with Crippen LogP contribution in [0.3, 0.4) is 0 Å². The molecule has 2 fully saturated rings. The molecule has 3 N–H and O–H groups in total. The summed E-state index contributed by atoms with van der Waals surface area (Å²) in [7, 11) is -2.43. The number of aliphatic hydroxyl groups is 1. The Balaban J connectivity index is 1.50. The van der Waals surface area contributed by atoms with E-state index in [2.05, 4.69) is 15.0 Å². The molecule has 2 aromatic rings. The molecular formula is C25H35N3O5S2. The molecule has 2 aliphatic rings. The molecule has 2 aliphatic carbocycles. The van der Waals surface area contributed by atoms with Crippen LogP contribution in [0.25, 0.3) is 10.4 Å². The number of ether oxygens (including phenoxy) is 1. The van der Waals surface area contributed by atoms with Gasteiger partial charge in [0.05, 0.1) is 23.8 Å². The fraction of sp³-hybridized carbons (Fsp3) is 0.600.